The molecule has 0 aromatic heterocycles. The number of benzene rings is 2. The Morgan fingerprint density at radius 2 is 1.59 bits per heavy atom. The molecular formula is C28H33NO3. The van der Waals surface area contributed by atoms with Crippen LogP contribution in [0, 0.1) is 11.8 Å². The Hall–Kier alpha value is -3.32. The van der Waals surface area contributed by atoms with Crippen molar-refractivity contribution in [3.05, 3.63) is 71.3 Å². The van der Waals surface area contributed by atoms with Gasteiger partial charge in [0.15, 0.2) is 0 Å². The number of rotatable bonds is 11. The Bertz CT molecular complexity index is 947. The number of nitrogens with zero attached hydrogens (tertiary/aromatic N) is 1. The van der Waals surface area contributed by atoms with Crippen molar-refractivity contribution < 1.29 is 14.7 Å². The number of carbonyl (C=O) groups excluding carboxylic acids is 1. The third-order valence-electron chi connectivity index (χ3n) is 5.19. The van der Waals surface area contributed by atoms with E-state index in [1.165, 1.54) is 38.2 Å². The van der Waals surface area contributed by atoms with Crippen LogP contribution >= 0.6 is 0 Å². The van der Waals surface area contributed by atoms with Crippen molar-refractivity contribution >= 4 is 23.6 Å². The van der Waals surface area contributed by atoms with Gasteiger partial charge in [-0.15, -0.1) is 0 Å². The Labute approximate surface area is 192 Å². The average molecular weight is 432 g/mol. The molecule has 0 radical (unpaired) electrons. The van der Waals surface area contributed by atoms with E-state index in [-0.39, 0.29) is 5.91 Å². The average Bonchev–Trinajstić information content (AvgIpc) is 2.79. The number of carbonyl (C=O) groups is 2. The van der Waals surface area contributed by atoms with Gasteiger partial charge in [0, 0.05) is 30.7 Å². The molecule has 4 heteroatoms. The Kier molecular flexibility index (Phi) is 10.8. The quantitative estimate of drug-likeness (QED) is 0.253. The number of amides is 1. The Morgan fingerprint density at radius 1 is 0.938 bits per heavy atom. The molecule has 168 valence electrons. The van der Waals surface area contributed by atoms with E-state index in [0.717, 1.165) is 41.3 Å². The number of aliphatic carboxylic acids is 1. The van der Waals surface area contributed by atoms with Crippen LogP contribution in [0.5, 0.6) is 0 Å². The molecule has 0 aliphatic carbocycles. The maximum Gasteiger partial charge on any atom is 0.328 e. The fourth-order valence-corrected chi connectivity index (χ4v) is 3.35. The second-order valence-electron chi connectivity index (χ2n) is 7.88. The third kappa shape index (κ3) is 9.22. The summed E-state index contributed by atoms with van der Waals surface area (Å²) in [5, 5.41) is 8.73. The summed E-state index contributed by atoms with van der Waals surface area (Å²) in [6.07, 6.45) is 11.2. The number of anilines is 1. The molecule has 0 aliphatic rings. The molecule has 0 saturated heterocycles. The van der Waals surface area contributed by atoms with Crippen LogP contribution in [-0.2, 0) is 16.1 Å². The highest BCUT2D eigenvalue weighted by atomic mass is 16.4. The normalized spacial score (nSPS) is 10.6. The molecule has 2 rings (SSSR count). The number of unbranched alkanes of at least 4 members (excludes halogenated alkanes) is 6. The van der Waals surface area contributed by atoms with Gasteiger partial charge in [-0.05, 0) is 47.9 Å². The number of hydrogen-bond donors (Lipinski definition) is 1. The highest BCUT2D eigenvalue weighted by Crippen LogP contribution is 2.19. The van der Waals surface area contributed by atoms with E-state index < -0.39 is 5.97 Å². The molecule has 0 spiro atoms. The fraction of sp³-hybridized carbons (Fsp3) is 0.357. The van der Waals surface area contributed by atoms with Crippen LogP contribution in [0.25, 0.3) is 6.08 Å². The largest absolute Gasteiger partial charge is 0.478 e. The van der Waals surface area contributed by atoms with Crippen molar-refractivity contribution in [3.63, 3.8) is 0 Å². The molecule has 0 aliphatic heterocycles. The van der Waals surface area contributed by atoms with E-state index in [2.05, 4.69) is 18.8 Å². The van der Waals surface area contributed by atoms with E-state index in [1.807, 2.05) is 36.4 Å². The summed E-state index contributed by atoms with van der Waals surface area (Å²) in [4.78, 5) is 24.6. The van der Waals surface area contributed by atoms with Crippen LogP contribution in [0.1, 0.15) is 75.5 Å². The van der Waals surface area contributed by atoms with E-state index in [1.54, 1.807) is 24.0 Å². The summed E-state index contributed by atoms with van der Waals surface area (Å²) in [6, 6.07) is 15.3. The predicted molar refractivity (Wildman–Crippen MR) is 131 cm³/mol. The molecule has 2 aromatic rings. The van der Waals surface area contributed by atoms with E-state index in [9.17, 15) is 9.59 Å². The van der Waals surface area contributed by atoms with Gasteiger partial charge in [-0.2, -0.15) is 0 Å². The zero-order chi connectivity index (χ0) is 23.2. The molecule has 32 heavy (non-hydrogen) atoms. The maximum absolute atomic E-state index is 12.2. The van der Waals surface area contributed by atoms with Crippen LogP contribution in [0.4, 0.5) is 5.69 Å². The Morgan fingerprint density at radius 3 is 2.22 bits per heavy atom. The first-order chi connectivity index (χ1) is 15.5. The minimum absolute atomic E-state index is 0.0540. The molecule has 0 heterocycles. The van der Waals surface area contributed by atoms with Gasteiger partial charge < -0.3 is 10.0 Å². The lowest BCUT2D eigenvalue weighted by molar-refractivity contribution is -0.131. The van der Waals surface area contributed by atoms with Gasteiger partial charge in [0.05, 0.1) is 6.54 Å². The molecule has 4 nitrogen and oxygen atoms in total. The van der Waals surface area contributed by atoms with Gasteiger partial charge in [-0.25, -0.2) is 4.79 Å². The molecule has 0 atom stereocenters. The van der Waals surface area contributed by atoms with Crippen molar-refractivity contribution in [2.24, 2.45) is 0 Å². The molecule has 1 N–H and O–H groups in total. The summed E-state index contributed by atoms with van der Waals surface area (Å²) in [7, 11) is 0. The van der Waals surface area contributed by atoms with Gasteiger partial charge in [-0.1, -0.05) is 75.1 Å². The van der Waals surface area contributed by atoms with Gasteiger partial charge in [-0.3, -0.25) is 4.79 Å². The third-order valence-corrected chi connectivity index (χ3v) is 5.19. The minimum Gasteiger partial charge on any atom is -0.478 e. The molecular weight excluding hydrogens is 398 g/mol. The van der Waals surface area contributed by atoms with Crippen molar-refractivity contribution in [1.29, 1.82) is 0 Å². The zero-order valence-corrected chi connectivity index (χ0v) is 19.1. The van der Waals surface area contributed by atoms with Crippen LogP contribution in [0.15, 0.2) is 54.6 Å². The fourth-order valence-electron chi connectivity index (χ4n) is 3.35. The first-order valence-corrected chi connectivity index (χ1v) is 11.4. The molecule has 0 unspecified atom stereocenters. The summed E-state index contributed by atoms with van der Waals surface area (Å²) < 4.78 is 0. The van der Waals surface area contributed by atoms with E-state index in [4.69, 9.17) is 5.11 Å². The molecule has 1 amide bonds. The zero-order valence-electron chi connectivity index (χ0n) is 19.1. The first-order valence-electron chi connectivity index (χ1n) is 11.4. The number of hydrogen-bond acceptors (Lipinski definition) is 2. The lowest BCUT2D eigenvalue weighted by Crippen LogP contribution is -2.27. The topological polar surface area (TPSA) is 57.6 Å². The second-order valence-corrected chi connectivity index (χ2v) is 7.88. The standard InChI is InChI=1S/C28H33NO3/c1-3-4-5-6-7-8-9-10-11-24-12-14-26(15-13-24)22-29(23(2)30)27-19-16-25(17-20-27)18-21-28(31)32/h12-21H,3-9,22H2,1-2H3,(H,31,32). The van der Waals surface area contributed by atoms with Crippen LogP contribution in [0.3, 0.4) is 0 Å². The van der Waals surface area contributed by atoms with E-state index in [0.29, 0.717) is 6.54 Å². The summed E-state index contributed by atoms with van der Waals surface area (Å²) in [6.45, 7) is 4.24. The summed E-state index contributed by atoms with van der Waals surface area (Å²) in [5.41, 5.74) is 3.55. The minimum atomic E-state index is -0.991. The van der Waals surface area contributed by atoms with Crippen molar-refractivity contribution in [2.45, 2.75) is 65.3 Å². The number of carboxylic acids is 1. The molecule has 0 saturated carbocycles. The molecule has 2 aromatic carbocycles. The van der Waals surface area contributed by atoms with Gasteiger partial charge in [0.2, 0.25) is 5.91 Å². The van der Waals surface area contributed by atoms with Gasteiger partial charge in [0.25, 0.3) is 0 Å². The summed E-state index contributed by atoms with van der Waals surface area (Å²) in [5.74, 6) is 5.45. The molecule has 0 fully saturated rings. The van der Waals surface area contributed by atoms with Crippen molar-refractivity contribution in [3.8, 4) is 11.8 Å². The van der Waals surface area contributed by atoms with Crippen LogP contribution < -0.4 is 4.90 Å². The highest BCUT2D eigenvalue weighted by molar-refractivity contribution is 5.91. The first kappa shape index (κ1) is 24.9. The second kappa shape index (κ2) is 13.9. The lowest BCUT2D eigenvalue weighted by Gasteiger charge is -2.21. The number of carboxylic acid groups (broad SMARTS) is 1. The van der Waals surface area contributed by atoms with Gasteiger partial charge in [0.1, 0.15) is 0 Å². The van der Waals surface area contributed by atoms with Crippen molar-refractivity contribution in [1.82, 2.24) is 0 Å². The van der Waals surface area contributed by atoms with E-state index >= 15 is 0 Å². The smallest absolute Gasteiger partial charge is 0.328 e. The highest BCUT2D eigenvalue weighted by Gasteiger charge is 2.12. The summed E-state index contributed by atoms with van der Waals surface area (Å²) >= 11 is 0. The Balaban J connectivity index is 1.92. The predicted octanol–water partition coefficient (Wildman–Crippen LogP) is 6.44. The lowest BCUT2D eigenvalue weighted by atomic mass is 10.1. The van der Waals surface area contributed by atoms with Crippen molar-refractivity contribution in [2.75, 3.05) is 4.90 Å². The van der Waals surface area contributed by atoms with Crippen LogP contribution in [0.2, 0.25) is 0 Å². The molecule has 0 bridgehead atoms. The maximum atomic E-state index is 12.2. The SMILES string of the molecule is CCCCCCCCC#Cc1ccc(CN(C(C)=O)c2ccc(C=CC(=O)O)cc2)cc1. The van der Waals surface area contributed by atoms with Gasteiger partial charge >= 0.3 is 5.97 Å². The monoisotopic (exact) mass is 431 g/mol. The van der Waals surface area contributed by atoms with Crippen LogP contribution in [-0.4, -0.2) is 17.0 Å².